The molecule has 4 aromatic rings. The highest BCUT2D eigenvalue weighted by Crippen LogP contribution is 2.33. The van der Waals surface area contributed by atoms with Crippen molar-refractivity contribution in [3.63, 3.8) is 0 Å². The Morgan fingerprint density at radius 1 is 1.00 bits per heavy atom. The van der Waals surface area contributed by atoms with Crippen molar-refractivity contribution in [3.05, 3.63) is 83.9 Å². The van der Waals surface area contributed by atoms with Crippen LogP contribution in [0, 0.1) is 6.92 Å². The minimum atomic E-state index is 0.198. The van der Waals surface area contributed by atoms with Crippen LogP contribution in [-0.4, -0.2) is 34.2 Å². The number of rotatable bonds is 5. The van der Waals surface area contributed by atoms with Crippen molar-refractivity contribution in [2.75, 3.05) is 18.0 Å². The smallest absolute Gasteiger partial charge is 0.165 e. The topological polar surface area (TPSA) is 61.3 Å². The molecule has 2 heterocycles. The van der Waals surface area contributed by atoms with Crippen molar-refractivity contribution in [2.24, 2.45) is 0 Å². The van der Waals surface area contributed by atoms with Crippen LogP contribution in [0.2, 0.25) is 0 Å². The number of benzene rings is 3. The number of nitrogens with zero attached hydrogens (tertiary/aromatic N) is 3. The molecule has 1 fully saturated rings. The second-order valence-corrected chi connectivity index (χ2v) is 8.21. The lowest BCUT2D eigenvalue weighted by molar-refractivity contribution is 0.477. The SMILES string of the molecule is Cc1ccc2c(N3CC[C@@H](NCc4ccccc4)C3)nc(-c3ccccc3O)nc2c1. The molecular weight excluding hydrogens is 384 g/mol. The summed E-state index contributed by atoms with van der Waals surface area (Å²) in [6.45, 7) is 4.77. The average molecular weight is 411 g/mol. The molecular formula is C26H26N4O. The molecule has 0 bridgehead atoms. The molecule has 1 aliphatic heterocycles. The van der Waals surface area contributed by atoms with Crippen molar-refractivity contribution >= 4 is 16.7 Å². The summed E-state index contributed by atoms with van der Waals surface area (Å²) in [5.41, 5.74) is 4.02. The number of phenolic OH excluding ortho intramolecular Hbond substituents is 1. The first-order valence-corrected chi connectivity index (χ1v) is 10.8. The average Bonchev–Trinajstić information content (AvgIpc) is 3.27. The second kappa shape index (κ2) is 8.36. The lowest BCUT2D eigenvalue weighted by Crippen LogP contribution is -2.32. The van der Waals surface area contributed by atoms with Gasteiger partial charge in [0, 0.05) is 31.1 Å². The van der Waals surface area contributed by atoms with Gasteiger partial charge in [-0.3, -0.25) is 0 Å². The first kappa shape index (κ1) is 19.5. The van der Waals surface area contributed by atoms with E-state index in [2.05, 4.69) is 59.6 Å². The number of aromatic hydroxyl groups is 1. The lowest BCUT2D eigenvalue weighted by Gasteiger charge is -2.21. The Morgan fingerprint density at radius 2 is 1.81 bits per heavy atom. The largest absolute Gasteiger partial charge is 0.507 e. The fraction of sp³-hybridized carbons (Fsp3) is 0.231. The summed E-state index contributed by atoms with van der Waals surface area (Å²) < 4.78 is 0. The van der Waals surface area contributed by atoms with Crippen LogP contribution in [0.25, 0.3) is 22.3 Å². The van der Waals surface area contributed by atoms with E-state index in [4.69, 9.17) is 9.97 Å². The molecule has 0 unspecified atom stereocenters. The van der Waals surface area contributed by atoms with Gasteiger partial charge in [0.25, 0.3) is 0 Å². The predicted octanol–water partition coefficient (Wildman–Crippen LogP) is 4.68. The van der Waals surface area contributed by atoms with E-state index in [1.807, 2.05) is 24.3 Å². The van der Waals surface area contributed by atoms with Crippen molar-refractivity contribution in [3.8, 4) is 17.1 Å². The maximum Gasteiger partial charge on any atom is 0.165 e. The fourth-order valence-corrected chi connectivity index (χ4v) is 4.22. The molecule has 0 radical (unpaired) electrons. The van der Waals surface area contributed by atoms with Crippen molar-refractivity contribution in [2.45, 2.75) is 25.9 Å². The molecule has 2 N–H and O–H groups in total. The van der Waals surface area contributed by atoms with Crippen LogP contribution in [0.1, 0.15) is 17.5 Å². The maximum absolute atomic E-state index is 10.4. The van der Waals surface area contributed by atoms with Crippen LogP contribution in [-0.2, 0) is 6.54 Å². The van der Waals surface area contributed by atoms with Gasteiger partial charge in [-0.15, -0.1) is 0 Å². The number of phenols is 1. The Morgan fingerprint density at radius 3 is 2.65 bits per heavy atom. The first-order chi connectivity index (χ1) is 15.2. The Kier molecular flexibility index (Phi) is 5.26. The normalized spacial score (nSPS) is 16.2. The zero-order valence-corrected chi connectivity index (χ0v) is 17.6. The van der Waals surface area contributed by atoms with Gasteiger partial charge < -0.3 is 15.3 Å². The van der Waals surface area contributed by atoms with E-state index in [9.17, 15) is 5.11 Å². The van der Waals surface area contributed by atoms with Crippen molar-refractivity contribution < 1.29 is 5.11 Å². The standard InChI is InChI=1S/C26H26N4O/c1-18-11-12-21-23(15-18)28-25(22-9-5-6-10-24(22)31)29-26(21)30-14-13-20(17-30)27-16-19-7-3-2-4-8-19/h2-12,15,20,27,31H,13-14,16-17H2,1H3/t20-/m1/s1. The highest BCUT2D eigenvalue weighted by molar-refractivity contribution is 5.92. The molecule has 1 aromatic heterocycles. The van der Waals surface area contributed by atoms with E-state index in [1.165, 1.54) is 5.56 Å². The van der Waals surface area contributed by atoms with Crippen LogP contribution in [0.15, 0.2) is 72.8 Å². The summed E-state index contributed by atoms with van der Waals surface area (Å²) in [7, 11) is 0. The molecule has 3 aromatic carbocycles. The molecule has 5 rings (SSSR count). The number of hydrogen-bond donors (Lipinski definition) is 2. The first-order valence-electron chi connectivity index (χ1n) is 10.8. The molecule has 1 aliphatic rings. The summed E-state index contributed by atoms with van der Waals surface area (Å²) >= 11 is 0. The highest BCUT2D eigenvalue weighted by atomic mass is 16.3. The summed E-state index contributed by atoms with van der Waals surface area (Å²) in [6.07, 6.45) is 1.07. The van der Waals surface area contributed by atoms with Gasteiger partial charge in [0.05, 0.1) is 11.1 Å². The van der Waals surface area contributed by atoms with Gasteiger partial charge >= 0.3 is 0 Å². The van der Waals surface area contributed by atoms with E-state index in [0.29, 0.717) is 17.4 Å². The fourth-order valence-electron chi connectivity index (χ4n) is 4.22. The Labute approximate surface area is 182 Å². The highest BCUT2D eigenvalue weighted by Gasteiger charge is 2.25. The molecule has 0 spiro atoms. The van der Waals surface area contributed by atoms with Gasteiger partial charge in [-0.1, -0.05) is 48.5 Å². The minimum absolute atomic E-state index is 0.198. The van der Waals surface area contributed by atoms with Gasteiger partial charge in [-0.2, -0.15) is 0 Å². The third-order valence-corrected chi connectivity index (χ3v) is 5.90. The number of aryl methyl sites for hydroxylation is 1. The molecule has 156 valence electrons. The Hall–Kier alpha value is -3.44. The number of aromatic nitrogens is 2. The van der Waals surface area contributed by atoms with E-state index in [0.717, 1.165) is 48.3 Å². The number of hydrogen-bond acceptors (Lipinski definition) is 5. The molecule has 1 atom stereocenters. The van der Waals surface area contributed by atoms with Crippen LogP contribution in [0.3, 0.4) is 0 Å². The summed E-state index contributed by atoms with van der Waals surface area (Å²) in [4.78, 5) is 12.0. The summed E-state index contributed by atoms with van der Waals surface area (Å²) in [5.74, 6) is 1.70. The van der Waals surface area contributed by atoms with E-state index < -0.39 is 0 Å². The van der Waals surface area contributed by atoms with Gasteiger partial charge in [-0.25, -0.2) is 9.97 Å². The number of para-hydroxylation sites is 1. The quantitative estimate of drug-likeness (QED) is 0.500. The van der Waals surface area contributed by atoms with Crippen molar-refractivity contribution in [1.82, 2.24) is 15.3 Å². The molecule has 0 saturated carbocycles. The molecule has 31 heavy (non-hydrogen) atoms. The predicted molar refractivity (Wildman–Crippen MR) is 125 cm³/mol. The van der Waals surface area contributed by atoms with E-state index in [1.54, 1.807) is 6.07 Å². The molecule has 1 saturated heterocycles. The van der Waals surface area contributed by atoms with Gasteiger partial charge in [0.1, 0.15) is 11.6 Å². The van der Waals surface area contributed by atoms with Gasteiger partial charge in [0.15, 0.2) is 5.82 Å². The van der Waals surface area contributed by atoms with Crippen LogP contribution in [0.5, 0.6) is 5.75 Å². The third kappa shape index (κ3) is 4.09. The van der Waals surface area contributed by atoms with Crippen LogP contribution < -0.4 is 10.2 Å². The lowest BCUT2D eigenvalue weighted by atomic mass is 10.1. The maximum atomic E-state index is 10.4. The third-order valence-electron chi connectivity index (χ3n) is 5.90. The van der Waals surface area contributed by atoms with Crippen LogP contribution in [0.4, 0.5) is 5.82 Å². The summed E-state index contributed by atoms with van der Waals surface area (Å²) in [5, 5.41) is 15.1. The van der Waals surface area contributed by atoms with E-state index >= 15 is 0 Å². The summed E-state index contributed by atoms with van der Waals surface area (Å²) in [6, 6.07) is 24.5. The van der Waals surface area contributed by atoms with E-state index in [-0.39, 0.29) is 5.75 Å². The Bertz CT molecular complexity index is 1210. The molecule has 0 aliphatic carbocycles. The number of anilines is 1. The number of fused-ring (bicyclic) bond motifs is 1. The second-order valence-electron chi connectivity index (χ2n) is 8.21. The van der Waals surface area contributed by atoms with Gasteiger partial charge in [0.2, 0.25) is 0 Å². The molecule has 5 heteroatoms. The molecule has 0 amide bonds. The minimum Gasteiger partial charge on any atom is -0.507 e. The number of nitrogens with one attached hydrogen (secondary N) is 1. The van der Waals surface area contributed by atoms with Gasteiger partial charge in [-0.05, 0) is 48.7 Å². The van der Waals surface area contributed by atoms with Crippen molar-refractivity contribution in [1.29, 1.82) is 0 Å². The zero-order chi connectivity index (χ0) is 21.2. The monoisotopic (exact) mass is 410 g/mol. The Balaban J connectivity index is 1.45. The zero-order valence-electron chi connectivity index (χ0n) is 17.6. The molecule has 5 nitrogen and oxygen atoms in total. The van der Waals surface area contributed by atoms with Crippen LogP contribution >= 0.6 is 0 Å².